The summed E-state index contributed by atoms with van der Waals surface area (Å²) in [5, 5.41) is 6.29. The van der Waals surface area contributed by atoms with E-state index in [1.165, 1.54) is 12.1 Å². The van der Waals surface area contributed by atoms with E-state index in [1.54, 1.807) is 36.3 Å². The third-order valence-electron chi connectivity index (χ3n) is 3.81. The Bertz CT molecular complexity index is 838. The monoisotopic (exact) mass is 443 g/mol. The molecule has 0 saturated heterocycles. The van der Waals surface area contributed by atoms with Crippen LogP contribution < -0.4 is 15.4 Å². The maximum absolute atomic E-state index is 12.3. The minimum atomic E-state index is -0.345. The molecule has 0 aliphatic heterocycles. The predicted molar refractivity (Wildman–Crippen MR) is 114 cm³/mol. The van der Waals surface area contributed by atoms with Crippen molar-refractivity contribution in [3.63, 3.8) is 0 Å². The third kappa shape index (κ3) is 6.56. The number of carbonyl (C=O) groups excluding carboxylic acids is 2. The van der Waals surface area contributed by atoms with Crippen LogP contribution in [0.25, 0.3) is 0 Å². The number of amides is 2. The first-order valence-corrected chi connectivity index (χ1v) is 9.56. The van der Waals surface area contributed by atoms with Crippen LogP contribution in [0.5, 0.6) is 5.75 Å². The summed E-state index contributed by atoms with van der Waals surface area (Å²) < 4.78 is 5.13. The molecule has 0 heterocycles. The van der Waals surface area contributed by atoms with Gasteiger partial charge in [-0.05, 0) is 30.8 Å². The molecule has 150 valence electrons. The van der Waals surface area contributed by atoms with Gasteiger partial charge in [0.15, 0.2) is 0 Å². The number of anilines is 2. The Morgan fingerprint density at radius 3 is 2.18 bits per heavy atom. The van der Waals surface area contributed by atoms with Crippen LogP contribution in [0.4, 0.5) is 11.4 Å². The minimum absolute atomic E-state index is 0.00266. The Morgan fingerprint density at radius 1 is 1.00 bits per heavy atom. The van der Waals surface area contributed by atoms with Crippen molar-refractivity contribution in [1.82, 2.24) is 4.90 Å². The molecular weight excluding hydrogens is 425 g/mol. The van der Waals surface area contributed by atoms with Gasteiger partial charge < -0.3 is 15.4 Å². The second-order valence-electron chi connectivity index (χ2n) is 5.88. The zero-order valence-electron chi connectivity index (χ0n) is 15.4. The molecule has 0 saturated carbocycles. The fourth-order valence-electron chi connectivity index (χ4n) is 2.43. The summed E-state index contributed by atoms with van der Waals surface area (Å²) in [6.07, 6.45) is 0. The third-order valence-corrected chi connectivity index (χ3v) is 4.62. The number of rotatable bonds is 8. The Labute approximate surface area is 178 Å². The fraction of sp³-hybridized carbons (Fsp3) is 0.263. The average Bonchev–Trinajstić information content (AvgIpc) is 2.64. The molecule has 9 heteroatoms. The molecule has 0 unspecified atom stereocenters. The molecular formula is C19H20Cl3N3O3. The van der Waals surface area contributed by atoms with Crippen molar-refractivity contribution in [3.8, 4) is 5.75 Å². The van der Waals surface area contributed by atoms with Gasteiger partial charge in [0.25, 0.3) is 0 Å². The maximum Gasteiger partial charge on any atom is 0.238 e. The quantitative estimate of drug-likeness (QED) is 0.626. The van der Waals surface area contributed by atoms with Crippen LogP contribution >= 0.6 is 34.8 Å². The molecule has 0 fully saturated rings. The lowest BCUT2D eigenvalue weighted by molar-refractivity contribution is -0.119. The van der Waals surface area contributed by atoms with Crippen molar-refractivity contribution in [3.05, 3.63) is 51.5 Å². The highest BCUT2D eigenvalue weighted by Crippen LogP contribution is 2.33. The molecule has 2 aromatic carbocycles. The number of likely N-dealkylation sites (N-methyl/N-ethyl adjacent to an activating group) is 1. The summed E-state index contributed by atoms with van der Waals surface area (Å²) in [5.41, 5.74) is 0.902. The highest BCUT2D eigenvalue weighted by atomic mass is 35.5. The molecule has 2 N–H and O–H groups in total. The van der Waals surface area contributed by atoms with Gasteiger partial charge >= 0.3 is 0 Å². The lowest BCUT2D eigenvalue weighted by Crippen LogP contribution is -2.38. The predicted octanol–water partition coefficient (Wildman–Crippen LogP) is 4.55. The standard InChI is InChI=1S/C19H20Cl3N3O3/c1-3-25(10-17(26)23-13-5-4-6-14(9-13)28-2)11-18(27)24-19-15(21)7-12(20)8-16(19)22/h4-9H,3,10-11H2,1-2H3,(H,23,26)(H,24,27). The molecule has 2 amide bonds. The van der Waals surface area contributed by atoms with Gasteiger partial charge in [-0.15, -0.1) is 0 Å². The molecule has 6 nitrogen and oxygen atoms in total. The van der Waals surface area contributed by atoms with Gasteiger partial charge in [0, 0.05) is 16.8 Å². The van der Waals surface area contributed by atoms with E-state index >= 15 is 0 Å². The van der Waals surface area contributed by atoms with E-state index in [0.29, 0.717) is 23.0 Å². The number of hydrogen-bond donors (Lipinski definition) is 2. The molecule has 0 aromatic heterocycles. The summed E-state index contributed by atoms with van der Waals surface area (Å²) in [5.74, 6) is 0.0499. The van der Waals surface area contributed by atoms with Gasteiger partial charge in [0.1, 0.15) is 5.75 Å². The first kappa shape index (κ1) is 22.3. The van der Waals surface area contributed by atoms with E-state index in [1.807, 2.05) is 6.92 Å². The number of nitrogens with zero attached hydrogens (tertiary/aromatic N) is 1. The molecule has 0 bridgehead atoms. The molecule has 2 aromatic rings. The van der Waals surface area contributed by atoms with Crippen LogP contribution in [-0.2, 0) is 9.59 Å². The summed E-state index contributed by atoms with van der Waals surface area (Å²) in [4.78, 5) is 26.3. The van der Waals surface area contributed by atoms with E-state index < -0.39 is 0 Å². The zero-order valence-corrected chi connectivity index (χ0v) is 17.7. The van der Waals surface area contributed by atoms with E-state index in [2.05, 4.69) is 10.6 Å². The number of methoxy groups -OCH3 is 1. The van der Waals surface area contributed by atoms with Crippen molar-refractivity contribution < 1.29 is 14.3 Å². The van der Waals surface area contributed by atoms with Crippen LogP contribution in [0.15, 0.2) is 36.4 Å². The van der Waals surface area contributed by atoms with Crippen LogP contribution in [0.1, 0.15) is 6.92 Å². The topological polar surface area (TPSA) is 70.7 Å². The summed E-state index contributed by atoms with van der Waals surface area (Å²) in [7, 11) is 1.55. The van der Waals surface area contributed by atoms with Crippen molar-refractivity contribution in [2.24, 2.45) is 0 Å². The van der Waals surface area contributed by atoms with Gasteiger partial charge in [-0.25, -0.2) is 0 Å². The number of ether oxygens (including phenoxy) is 1. The minimum Gasteiger partial charge on any atom is -0.497 e. The Kier molecular flexibility index (Phi) is 8.38. The van der Waals surface area contributed by atoms with Gasteiger partial charge in [-0.1, -0.05) is 47.8 Å². The number of benzene rings is 2. The largest absolute Gasteiger partial charge is 0.497 e. The van der Waals surface area contributed by atoms with Gasteiger partial charge in [0.2, 0.25) is 11.8 Å². The molecule has 0 aliphatic carbocycles. The molecule has 0 spiro atoms. The van der Waals surface area contributed by atoms with Crippen LogP contribution in [0.3, 0.4) is 0 Å². The number of carbonyl (C=O) groups is 2. The second-order valence-corrected chi connectivity index (χ2v) is 7.13. The Hall–Kier alpha value is -1.99. The van der Waals surface area contributed by atoms with Gasteiger partial charge in [0.05, 0.1) is 35.9 Å². The number of hydrogen-bond acceptors (Lipinski definition) is 4. The second kappa shape index (κ2) is 10.5. The molecule has 0 radical (unpaired) electrons. The Morgan fingerprint density at radius 2 is 1.61 bits per heavy atom. The normalized spacial score (nSPS) is 10.6. The first-order valence-electron chi connectivity index (χ1n) is 8.43. The van der Waals surface area contributed by atoms with Crippen LogP contribution in [0, 0.1) is 0 Å². The smallest absolute Gasteiger partial charge is 0.238 e. The van der Waals surface area contributed by atoms with Crippen LogP contribution in [-0.4, -0.2) is 43.5 Å². The number of nitrogens with one attached hydrogen (secondary N) is 2. The molecule has 2 rings (SSSR count). The molecule has 0 aliphatic rings. The van der Waals surface area contributed by atoms with Gasteiger partial charge in [-0.3, -0.25) is 14.5 Å². The zero-order chi connectivity index (χ0) is 20.7. The lowest BCUT2D eigenvalue weighted by Gasteiger charge is -2.20. The van der Waals surface area contributed by atoms with E-state index in [0.717, 1.165) is 0 Å². The van der Waals surface area contributed by atoms with E-state index in [4.69, 9.17) is 39.5 Å². The highest BCUT2D eigenvalue weighted by Gasteiger charge is 2.16. The Balaban J connectivity index is 1.94. The lowest BCUT2D eigenvalue weighted by atomic mass is 10.3. The first-order chi connectivity index (χ1) is 13.3. The summed E-state index contributed by atoms with van der Waals surface area (Å²) in [6, 6.07) is 10.0. The molecule has 0 atom stereocenters. The average molecular weight is 445 g/mol. The van der Waals surface area contributed by atoms with E-state index in [9.17, 15) is 9.59 Å². The summed E-state index contributed by atoms with van der Waals surface area (Å²) in [6.45, 7) is 2.40. The number of halogens is 3. The maximum atomic E-state index is 12.3. The van der Waals surface area contributed by atoms with Crippen molar-refractivity contribution in [2.45, 2.75) is 6.92 Å². The SMILES string of the molecule is CCN(CC(=O)Nc1cccc(OC)c1)CC(=O)Nc1c(Cl)cc(Cl)cc1Cl. The van der Waals surface area contributed by atoms with Crippen molar-refractivity contribution >= 4 is 58.0 Å². The molecule has 28 heavy (non-hydrogen) atoms. The van der Waals surface area contributed by atoms with Gasteiger partial charge in [-0.2, -0.15) is 0 Å². The summed E-state index contributed by atoms with van der Waals surface area (Å²) >= 11 is 18.0. The van der Waals surface area contributed by atoms with Crippen molar-refractivity contribution in [2.75, 3.05) is 37.4 Å². The van der Waals surface area contributed by atoms with Crippen molar-refractivity contribution in [1.29, 1.82) is 0 Å². The highest BCUT2D eigenvalue weighted by molar-refractivity contribution is 6.42. The van der Waals surface area contributed by atoms with Crippen LogP contribution in [0.2, 0.25) is 15.1 Å². The fourth-order valence-corrected chi connectivity index (χ4v) is 3.34. The van der Waals surface area contributed by atoms with E-state index in [-0.39, 0.29) is 40.6 Å².